The molecule has 3 N–H and O–H groups in total. The highest BCUT2D eigenvalue weighted by Gasteiger charge is 2.46. The second-order valence-electron chi connectivity index (χ2n) is 5.75. The van der Waals surface area contributed by atoms with Crippen LogP contribution in [-0.2, 0) is 0 Å². The molecule has 0 saturated heterocycles. The van der Waals surface area contributed by atoms with Gasteiger partial charge in [-0.2, -0.15) is 0 Å². The molecule has 2 rings (SSSR count). The largest absolute Gasteiger partial charge is 0.370 e. The van der Waals surface area contributed by atoms with E-state index in [0.717, 1.165) is 6.54 Å². The molecule has 2 aliphatic rings. The molecule has 0 bridgehead atoms. The molecule has 80 valence electrons. The molecular weight excluding hydrogens is 174 g/mol. The standard InChI is InChI=1S/C11H21N3/c1-8-6-10(2,3)4-5-11(8)7-13-9(12)14-11/h8H,4-7H2,1-3H3,(H3,12,13,14). The Morgan fingerprint density at radius 1 is 1.43 bits per heavy atom. The summed E-state index contributed by atoms with van der Waals surface area (Å²) in [5.41, 5.74) is 6.38. The fraction of sp³-hybridized carbons (Fsp3) is 0.909. The molecule has 1 spiro atoms. The Bertz CT molecular complexity index is 270. The van der Waals surface area contributed by atoms with Gasteiger partial charge in [0, 0.05) is 0 Å². The van der Waals surface area contributed by atoms with Crippen molar-refractivity contribution in [2.24, 2.45) is 22.1 Å². The Hall–Kier alpha value is -0.730. The molecule has 1 heterocycles. The van der Waals surface area contributed by atoms with Crippen LogP contribution in [0.2, 0.25) is 0 Å². The predicted molar refractivity (Wildman–Crippen MR) is 59.2 cm³/mol. The Labute approximate surface area is 86.2 Å². The summed E-state index contributed by atoms with van der Waals surface area (Å²) in [7, 11) is 0. The number of nitrogens with two attached hydrogens (primary N) is 1. The first-order chi connectivity index (χ1) is 6.44. The molecule has 2 atom stereocenters. The van der Waals surface area contributed by atoms with Crippen LogP contribution in [0.3, 0.4) is 0 Å². The van der Waals surface area contributed by atoms with E-state index in [1.807, 2.05) is 0 Å². The minimum atomic E-state index is 0.180. The maximum Gasteiger partial charge on any atom is 0.189 e. The van der Waals surface area contributed by atoms with Crippen molar-refractivity contribution in [1.82, 2.24) is 5.32 Å². The van der Waals surface area contributed by atoms with E-state index in [4.69, 9.17) is 5.73 Å². The van der Waals surface area contributed by atoms with Crippen molar-refractivity contribution in [1.29, 1.82) is 0 Å². The summed E-state index contributed by atoms with van der Waals surface area (Å²) in [5, 5.41) is 3.38. The lowest BCUT2D eigenvalue weighted by molar-refractivity contribution is 0.0994. The molecule has 0 amide bonds. The molecular formula is C11H21N3. The molecule has 14 heavy (non-hydrogen) atoms. The van der Waals surface area contributed by atoms with E-state index in [0.29, 0.717) is 17.3 Å². The molecule has 0 radical (unpaired) electrons. The lowest BCUT2D eigenvalue weighted by atomic mass is 9.64. The van der Waals surface area contributed by atoms with Gasteiger partial charge in [0.05, 0.1) is 12.1 Å². The van der Waals surface area contributed by atoms with Crippen LogP contribution in [0.5, 0.6) is 0 Å². The molecule has 0 aromatic rings. The maximum absolute atomic E-state index is 5.71. The average molecular weight is 195 g/mol. The van der Waals surface area contributed by atoms with Gasteiger partial charge >= 0.3 is 0 Å². The monoisotopic (exact) mass is 195 g/mol. The third-order valence-electron chi connectivity index (χ3n) is 3.96. The molecule has 3 heteroatoms. The van der Waals surface area contributed by atoms with E-state index in [1.165, 1.54) is 19.3 Å². The normalized spacial score (nSPS) is 40.8. The molecule has 1 aliphatic heterocycles. The van der Waals surface area contributed by atoms with Gasteiger partial charge in [-0.3, -0.25) is 4.99 Å². The highest BCUT2D eigenvalue weighted by Crippen LogP contribution is 2.44. The number of nitrogens with one attached hydrogen (secondary N) is 1. The fourth-order valence-corrected chi connectivity index (χ4v) is 2.92. The smallest absolute Gasteiger partial charge is 0.189 e. The SMILES string of the molecule is CC1CC(C)(C)CCC12CN=C(N)N2. The molecule has 1 fully saturated rings. The lowest BCUT2D eigenvalue weighted by Crippen LogP contribution is -2.56. The number of rotatable bonds is 0. The van der Waals surface area contributed by atoms with E-state index < -0.39 is 0 Å². The van der Waals surface area contributed by atoms with Gasteiger partial charge in [-0.05, 0) is 30.6 Å². The first-order valence-electron chi connectivity index (χ1n) is 5.52. The average Bonchev–Trinajstić information content (AvgIpc) is 2.43. The van der Waals surface area contributed by atoms with E-state index in [9.17, 15) is 0 Å². The summed E-state index contributed by atoms with van der Waals surface area (Å²) in [5.74, 6) is 1.30. The second kappa shape index (κ2) is 2.88. The van der Waals surface area contributed by atoms with Gasteiger partial charge < -0.3 is 11.1 Å². The van der Waals surface area contributed by atoms with Gasteiger partial charge in [0.2, 0.25) is 0 Å². The van der Waals surface area contributed by atoms with Crippen LogP contribution >= 0.6 is 0 Å². The third kappa shape index (κ3) is 1.49. The zero-order chi connectivity index (χ0) is 10.4. The van der Waals surface area contributed by atoms with E-state index in [-0.39, 0.29) is 5.54 Å². The fourth-order valence-electron chi connectivity index (χ4n) is 2.92. The number of hydrogen-bond acceptors (Lipinski definition) is 3. The second-order valence-corrected chi connectivity index (χ2v) is 5.75. The minimum Gasteiger partial charge on any atom is -0.370 e. The topological polar surface area (TPSA) is 50.4 Å². The summed E-state index contributed by atoms with van der Waals surface area (Å²) in [6.45, 7) is 7.91. The van der Waals surface area contributed by atoms with Crippen molar-refractivity contribution >= 4 is 5.96 Å². The van der Waals surface area contributed by atoms with Crippen molar-refractivity contribution in [3.05, 3.63) is 0 Å². The van der Waals surface area contributed by atoms with Crippen LogP contribution in [0.4, 0.5) is 0 Å². The summed E-state index contributed by atoms with van der Waals surface area (Å²) < 4.78 is 0. The number of guanidine groups is 1. The Morgan fingerprint density at radius 3 is 2.64 bits per heavy atom. The van der Waals surface area contributed by atoms with Gasteiger partial charge in [0.1, 0.15) is 0 Å². The van der Waals surface area contributed by atoms with Crippen molar-refractivity contribution in [2.45, 2.75) is 45.6 Å². The molecule has 0 aromatic carbocycles. The Balaban J connectivity index is 2.10. The number of nitrogens with zero attached hydrogens (tertiary/aromatic N) is 1. The van der Waals surface area contributed by atoms with Gasteiger partial charge in [-0.1, -0.05) is 20.8 Å². The van der Waals surface area contributed by atoms with Crippen molar-refractivity contribution in [3.63, 3.8) is 0 Å². The molecule has 0 aromatic heterocycles. The van der Waals surface area contributed by atoms with Crippen LogP contribution in [-0.4, -0.2) is 18.0 Å². The van der Waals surface area contributed by atoms with Crippen molar-refractivity contribution < 1.29 is 0 Å². The lowest BCUT2D eigenvalue weighted by Gasteiger charge is -2.46. The first-order valence-corrected chi connectivity index (χ1v) is 5.52. The Morgan fingerprint density at radius 2 is 2.14 bits per heavy atom. The van der Waals surface area contributed by atoms with Crippen LogP contribution in [0.1, 0.15) is 40.0 Å². The Kier molecular flexibility index (Phi) is 2.02. The van der Waals surface area contributed by atoms with Gasteiger partial charge in [-0.15, -0.1) is 0 Å². The highest BCUT2D eigenvalue weighted by atomic mass is 15.2. The van der Waals surface area contributed by atoms with Crippen LogP contribution in [0.25, 0.3) is 0 Å². The molecule has 3 nitrogen and oxygen atoms in total. The molecule has 1 aliphatic carbocycles. The van der Waals surface area contributed by atoms with E-state index in [1.54, 1.807) is 0 Å². The van der Waals surface area contributed by atoms with Crippen LogP contribution in [0, 0.1) is 11.3 Å². The summed E-state index contributed by atoms with van der Waals surface area (Å²) >= 11 is 0. The molecule has 2 unspecified atom stereocenters. The van der Waals surface area contributed by atoms with Gasteiger partial charge in [0.15, 0.2) is 5.96 Å². The summed E-state index contributed by atoms with van der Waals surface area (Å²) in [6, 6.07) is 0. The maximum atomic E-state index is 5.71. The van der Waals surface area contributed by atoms with E-state index >= 15 is 0 Å². The van der Waals surface area contributed by atoms with Crippen LogP contribution in [0.15, 0.2) is 4.99 Å². The summed E-state index contributed by atoms with van der Waals surface area (Å²) in [6.07, 6.45) is 3.74. The quantitative estimate of drug-likeness (QED) is 0.615. The third-order valence-corrected chi connectivity index (χ3v) is 3.96. The van der Waals surface area contributed by atoms with Crippen molar-refractivity contribution in [3.8, 4) is 0 Å². The summed E-state index contributed by atoms with van der Waals surface area (Å²) in [4.78, 5) is 4.29. The van der Waals surface area contributed by atoms with Crippen LogP contribution < -0.4 is 11.1 Å². The van der Waals surface area contributed by atoms with Gasteiger partial charge in [0.25, 0.3) is 0 Å². The minimum absolute atomic E-state index is 0.180. The van der Waals surface area contributed by atoms with E-state index in [2.05, 4.69) is 31.1 Å². The predicted octanol–water partition coefficient (Wildman–Crippen LogP) is 1.49. The zero-order valence-electron chi connectivity index (χ0n) is 9.43. The zero-order valence-corrected chi connectivity index (χ0v) is 9.43. The molecule has 1 saturated carbocycles. The number of hydrogen-bond donors (Lipinski definition) is 2. The highest BCUT2D eigenvalue weighted by molar-refractivity contribution is 5.80. The van der Waals surface area contributed by atoms with Gasteiger partial charge in [-0.25, -0.2) is 0 Å². The first kappa shape index (κ1) is 9.81. The van der Waals surface area contributed by atoms with Crippen molar-refractivity contribution in [2.75, 3.05) is 6.54 Å². The number of aliphatic imine (C=N–C) groups is 1.